The summed E-state index contributed by atoms with van der Waals surface area (Å²) in [4.78, 5) is 2.42. The van der Waals surface area contributed by atoms with Gasteiger partial charge < -0.3 is 10.2 Å². The molecule has 18 heavy (non-hydrogen) atoms. The molecule has 0 radical (unpaired) electrons. The normalized spacial score (nSPS) is 15.8. The minimum absolute atomic E-state index is 0.155. The van der Waals surface area contributed by atoms with Gasteiger partial charge in [0.25, 0.3) is 0 Å². The molecule has 0 aliphatic heterocycles. The van der Waals surface area contributed by atoms with Crippen molar-refractivity contribution in [2.75, 3.05) is 11.9 Å². The fourth-order valence-corrected chi connectivity index (χ4v) is 2.38. The predicted octanol–water partition coefficient (Wildman–Crippen LogP) is 3.94. The summed E-state index contributed by atoms with van der Waals surface area (Å²) in [6, 6.07) is 7.33. The molecule has 0 saturated heterocycles. The lowest BCUT2D eigenvalue weighted by atomic mass is 10.1. The number of rotatable bonds is 4. The molecule has 0 bridgehead atoms. The summed E-state index contributed by atoms with van der Waals surface area (Å²) in [6.07, 6.45) is 2.66. The molecule has 0 aromatic heterocycles. The first kappa shape index (κ1) is 13.9. The molecule has 0 amide bonds. The van der Waals surface area contributed by atoms with Gasteiger partial charge >= 0.3 is 0 Å². The van der Waals surface area contributed by atoms with Crippen LogP contribution in [0.1, 0.15) is 39.2 Å². The lowest BCUT2D eigenvalue weighted by Crippen LogP contribution is -2.35. The van der Waals surface area contributed by atoms with Crippen LogP contribution in [0.15, 0.2) is 22.7 Å². The molecule has 2 rings (SSSR count). The summed E-state index contributed by atoms with van der Waals surface area (Å²) in [6.45, 7) is 7.53. The first-order chi connectivity index (χ1) is 8.37. The standard InChI is InChI=1S/C15H23BrN2/c1-15(2,3)17-10-11-5-6-12(16)9-14(11)18(4)13-7-8-13/h5-6,9,13,17H,7-8,10H2,1-4H3. The van der Waals surface area contributed by atoms with Crippen LogP contribution in [0.3, 0.4) is 0 Å². The summed E-state index contributed by atoms with van der Waals surface area (Å²) >= 11 is 3.58. The number of halogens is 1. The van der Waals surface area contributed by atoms with Crippen molar-refractivity contribution in [3.05, 3.63) is 28.2 Å². The Morgan fingerprint density at radius 3 is 2.56 bits per heavy atom. The molecular formula is C15H23BrN2. The monoisotopic (exact) mass is 310 g/mol. The Bertz CT molecular complexity index is 419. The van der Waals surface area contributed by atoms with E-state index in [2.05, 4.69) is 72.2 Å². The molecule has 2 nitrogen and oxygen atoms in total. The third-order valence-electron chi connectivity index (χ3n) is 3.33. The Morgan fingerprint density at radius 2 is 2.00 bits per heavy atom. The van der Waals surface area contributed by atoms with Crippen LogP contribution in [0.4, 0.5) is 5.69 Å². The molecule has 1 fully saturated rings. The van der Waals surface area contributed by atoms with Crippen LogP contribution in [-0.2, 0) is 6.54 Å². The van der Waals surface area contributed by atoms with Crippen molar-refractivity contribution >= 4 is 21.6 Å². The van der Waals surface area contributed by atoms with Crippen molar-refractivity contribution in [3.8, 4) is 0 Å². The summed E-state index contributed by atoms with van der Waals surface area (Å²) in [5.41, 5.74) is 2.88. The van der Waals surface area contributed by atoms with E-state index in [9.17, 15) is 0 Å². The van der Waals surface area contributed by atoms with Crippen LogP contribution < -0.4 is 10.2 Å². The lowest BCUT2D eigenvalue weighted by Gasteiger charge is -2.26. The lowest BCUT2D eigenvalue weighted by molar-refractivity contribution is 0.424. The first-order valence-electron chi connectivity index (χ1n) is 6.63. The average Bonchev–Trinajstić information content (AvgIpc) is 3.09. The van der Waals surface area contributed by atoms with Gasteiger partial charge in [0, 0.05) is 35.3 Å². The fourth-order valence-electron chi connectivity index (χ4n) is 2.03. The largest absolute Gasteiger partial charge is 0.371 e. The summed E-state index contributed by atoms with van der Waals surface area (Å²) < 4.78 is 1.16. The third kappa shape index (κ3) is 3.72. The number of nitrogens with zero attached hydrogens (tertiary/aromatic N) is 1. The van der Waals surface area contributed by atoms with Crippen LogP contribution in [0.2, 0.25) is 0 Å². The van der Waals surface area contributed by atoms with E-state index in [0.29, 0.717) is 0 Å². The zero-order valence-corrected chi connectivity index (χ0v) is 13.3. The fraction of sp³-hybridized carbons (Fsp3) is 0.600. The SMILES string of the molecule is CN(c1cc(Br)ccc1CNC(C)(C)C)C1CC1. The van der Waals surface area contributed by atoms with E-state index in [1.165, 1.54) is 24.1 Å². The van der Waals surface area contributed by atoms with Crippen LogP contribution in [0, 0.1) is 0 Å². The Labute approximate surface area is 119 Å². The topological polar surface area (TPSA) is 15.3 Å². The molecule has 1 saturated carbocycles. The van der Waals surface area contributed by atoms with Crippen LogP contribution in [-0.4, -0.2) is 18.6 Å². The van der Waals surface area contributed by atoms with Gasteiger partial charge in [0.15, 0.2) is 0 Å². The number of hydrogen-bond donors (Lipinski definition) is 1. The second-order valence-electron chi connectivity index (χ2n) is 6.22. The smallest absolute Gasteiger partial charge is 0.0423 e. The number of hydrogen-bond acceptors (Lipinski definition) is 2. The van der Waals surface area contributed by atoms with Gasteiger partial charge in [0.05, 0.1) is 0 Å². The molecule has 0 atom stereocenters. The zero-order valence-electron chi connectivity index (χ0n) is 11.8. The van der Waals surface area contributed by atoms with E-state index in [0.717, 1.165) is 17.1 Å². The highest BCUT2D eigenvalue weighted by Gasteiger charge is 2.27. The van der Waals surface area contributed by atoms with Gasteiger partial charge in [-0.3, -0.25) is 0 Å². The van der Waals surface area contributed by atoms with E-state index in [4.69, 9.17) is 0 Å². The summed E-state index contributed by atoms with van der Waals surface area (Å²) in [5, 5.41) is 3.57. The maximum Gasteiger partial charge on any atom is 0.0423 e. The van der Waals surface area contributed by atoms with Crippen LogP contribution >= 0.6 is 15.9 Å². The van der Waals surface area contributed by atoms with Crippen molar-refractivity contribution in [2.45, 2.75) is 51.7 Å². The zero-order chi connectivity index (χ0) is 13.3. The molecule has 0 heterocycles. The van der Waals surface area contributed by atoms with E-state index in [1.54, 1.807) is 0 Å². The molecule has 3 heteroatoms. The molecule has 1 aliphatic carbocycles. The highest BCUT2D eigenvalue weighted by atomic mass is 79.9. The van der Waals surface area contributed by atoms with Gasteiger partial charge in [-0.15, -0.1) is 0 Å². The number of benzene rings is 1. The molecule has 1 aromatic carbocycles. The van der Waals surface area contributed by atoms with Crippen molar-refractivity contribution in [1.82, 2.24) is 5.32 Å². The Balaban J connectivity index is 2.17. The van der Waals surface area contributed by atoms with Crippen LogP contribution in [0.25, 0.3) is 0 Å². The van der Waals surface area contributed by atoms with Gasteiger partial charge in [-0.25, -0.2) is 0 Å². The molecule has 1 N–H and O–H groups in total. The minimum atomic E-state index is 0.155. The van der Waals surface area contributed by atoms with E-state index >= 15 is 0 Å². The quantitative estimate of drug-likeness (QED) is 0.906. The molecule has 100 valence electrons. The maximum absolute atomic E-state index is 3.58. The highest BCUT2D eigenvalue weighted by Crippen LogP contribution is 2.33. The van der Waals surface area contributed by atoms with Gasteiger partial charge in [0.1, 0.15) is 0 Å². The molecule has 1 aliphatic rings. The number of anilines is 1. The van der Waals surface area contributed by atoms with Gasteiger partial charge in [-0.1, -0.05) is 22.0 Å². The minimum Gasteiger partial charge on any atom is -0.371 e. The van der Waals surface area contributed by atoms with Crippen molar-refractivity contribution in [2.24, 2.45) is 0 Å². The van der Waals surface area contributed by atoms with Gasteiger partial charge in [0.2, 0.25) is 0 Å². The number of nitrogens with one attached hydrogen (secondary N) is 1. The molecule has 0 unspecified atom stereocenters. The third-order valence-corrected chi connectivity index (χ3v) is 3.82. The van der Waals surface area contributed by atoms with E-state index in [1.807, 2.05) is 0 Å². The highest BCUT2D eigenvalue weighted by molar-refractivity contribution is 9.10. The van der Waals surface area contributed by atoms with Crippen molar-refractivity contribution < 1.29 is 0 Å². The van der Waals surface area contributed by atoms with E-state index in [-0.39, 0.29) is 5.54 Å². The Morgan fingerprint density at radius 1 is 1.33 bits per heavy atom. The molecule has 1 aromatic rings. The summed E-state index contributed by atoms with van der Waals surface area (Å²) in [5.74, 6) is 0. The second-order valence-corrected chi connectivity index (χ2v) is 7.13. The van der Waals surface area contributed by atoms with Crippen LogP contribution in [0.5, 0.6) is 0 Å². The van der Waals surface area contributed by atoms with Crippen molar-refractivity contribution in [3.63, 3.8) is 0 Å². The Kier molecular flexibility index (Phi) is 4.02. The van der Waals surface area contributed by atoms with Gasteiger partial charge in [-0.2, -0.15) is 0 Å². The predicted molar refractivity (Wildman–Crippen MR) is 82.2 cm³/mol. The first-order valence-corrected chi connectivity index (χ1v) is 7.42. The maximum atomic E-state index is 3.58. The second kappa shape index (κ2) is 5.22. The van der Waals surface area contributed by atoms with Crippen molar-refractivity contribution in [1.29, 1.82) is 0 Å². The summed E-state index contributed by atoms with van der Waals surface area (Å²) in [7, 11) is 2.21. The van der Waals surface area contributed by atoms with Gasteiger partial charge in [-0.05, 0) is 51.3 Å². The average molecular weight is 311 g/mol. The molecule has 0 spiro atoms. The van der Waals surface area contributed by atoms with E-state index < -0.39 is 0 Å². The molecular weight excluding hydrogens is 288 g/mol. The Hall–Kier alpha value is -0.540.